The van der Waals surface area contributed by atoms with Crippen molar-refractivity contribution in [3.8, 4) is 11.4 Å². The van der Waals surface area contributed by atoms with Crippen molar-refractivity contribution in [2.24, 2.45) is 0 Å². The Morgan fingerprint density at radius 2 is 1.77 bits per heavy atom. The lowest BCUT2D eigenvalue weighted by Gasteiger charge is -2.18. The van der Waals surface area contributed by atoms with Gasteiger partial charge >= 0.3 is 5.97 Å². The second-order valence-electron chi connectivity index (χ2n) is 6.79. The van der Waals surface area contributed by atoms with Crippen LogP contribution in [-0.2, 0) is 17.9 Å². The topological polar surface area (TPSA) is 85.5 Å². The first-order valence-corrected chi connectivity index (χ1v) is 10.5. The van der Waals surface area contributed by atoms with E-state index in [2.05, 4.69) is 10.1 Å². The smallest absolute Gasteiger partial charge is 0.339 e. The summed E-state index contributed by atoms with van der Waals surface area (Å²) in [5.74, 6) is -0.286. The van der Waals surface area contributed by atoms with Crippen LogP contribution >= 0.6 is 11.3 Å². The van der Waals surface area contributed by atoms with Gasteiger partial charge in [0.05, 0.1) is 11.1 Å². The van der Waals surface area contributed by atoms with Crippen LogP contribution < -0.4 is 0 Å². The third kappa shape index (κ3) is 4.87. The Bertz CT molecular complexity index is 1170. The highest BCUT2D eigenvalue weighted by molar-refractivity contribution is 7.08. The molecule has 0 aliphatic carbocycles. The molecule has 2 heterocycles. The molecule has 7 nitrogen and oxygen atoms in total. The molecular formula is C23H19N3O4S. The van der Waals surface area contributed by atoms with Crippen molar-refractivity contribution in [3.05, 3.63) is 94.0 Å². The fourth-order valence-corrected chi connectivity index (χ4v) is 3.64. The van der Waals surface area contributed by atoms with Gasteiger partial charge in [-0.25, -0.2) is 4.79 Å². The van der Waals surface area contributed by atoms with E-state index in [4.69, 9.17) is 9.26 Å². The van der Waals surface area contributed by atoms with Gasteiger partial charge in [-0.1, -0.05) is 47.6 Å². The van der Waals surface area contributed by atoms with Crippen molar-refractivity contribution < 1.29 is 18.8 Å². The van der Waals surface area contributed by atoms with Crippen molar-refractivity contribution in [1.82, 2.24) is 15.0 Å². The number of hydrogen-bond donors (Lipinski definition) is 0. The Hall–Kier alpha value is -3.78. The predicted molar refractivity (Wildman–Crippen MR) is 115 cm³/mol. The Morgan fingerprint density at radius 1 is 1.03 bits per heavy atom. The molecular weight excluding hydrogens is 414 g/mol. The molecule has 4 aromatic rings. The number of esters is 1. The second-order valence-corrected chi connectivity index (χ2v) is 7.57. The molecule has 0 aliphatic heterocycles. The number of hydrogen-bond acceptors (Lipinski definition) is 7. The van der Waals surface area contributed by atoms with E-state index in [0.717, 1.165) is 11.1 Å². The van der Waals surface area contributed by atoms with Gasteiger partial charge in [-0.2, -0.15) is 16.3 Å². The largest absolute Gasteiger partial charge is 0.452 e. The summed E-state index contributed by atoms with van der Waals surface area (Å²) in [6, 6.07) is 18.1. The minimum absolute atomic E-state index is 0.180. The van der Waals surface area contributed by atoms with Crippen molar-refractivity contribution >= 4 is 23.2 Å². The van der Waals surface area contributed by atoms with Gasteiger partial charge in [-0.3, -0.25) is 4.79 Å². The summed E-state index contributed by atoms with van der Waals surface area (Å²) in [6.07, 6.45) is 0. The van der Waals surface area contributed by atoms with Gasteiger partial charge in [-0.15, -0.1) is 0 Å². The Labute approximate surface area is 182 Å². The molecule has 4 rings (SSSR count). The molecule has 0 saturated carbocycles. The van der Waals surface area contributed by atoms with Crippen molar-refractivity contribution in [2.45, 2.75) is 13.2 Å². The number of carbonyl (C=O) groups is 2. The summed E-state index contributed by atoms with van der Waals surface area (Å²) in [6.45, 7) is 0.245. The third-order valence-corrected chi connectivity index (χ3v) is 5.24. The van der Waals surface area contributed by atoms with Crippen LogP contribution in [0, 0.1) is 0 Å². The minimum Gasteiger partial charge on any atom is -0.452 e. The summed E-state index contributed by atoms with van der Waals surface area (Å²) in [5, 5.41) is 7.69. The summed E-state index contributed by atoms with van der Waals surface area (Å²) in [7, 11) is 1.70. The van der Waals surface area contributed by atoms with Gasteiger partial charge in [0.2, 0.25) is 5.82 Å². The number of rotatable bonds is 7. The van der Waals surface area contributed by atoms with Crippen LogP contribution in [0.5, 0.6) is 0 Å². The summed E-state index contributed by atoms with van der Waals surface area (Å²) >= 11 is 1.52. The Balaban J connectivity index is 1.43. The van der Waals surface area contributed by atoms with E-state index in [1.165, 1.54) is 11.3 Å². The molecule has 8 heteroatoms. The van der Waals surface area contributed by atoms with Gasteiger partial charge in [0.25, 0.3) is 11.8 Å². The predicted octanol–water partition coefficient (Wildman–Crippen LogP) is 4.43. The van der Waals surface area contributed by atoms with Gasteiger partial charge in [-0.05, 0) is 29.1 Å². The van der Waals surface area contributed by atoms with Crippen LogP contribution in [0.25, 0.3) is 11.4 Å². The normalized spacial score (nSPS) is 10.6. The monoisotopic (exact) mass is 433 g/mol. The van der Waals surface area contributed by atoms with Gasteiger partial charge in [0.1, 0.15) is 0 Å². The maximum absolute atomic E-state index is 13.0. The first-order chi connectivity index (χ1) is 15.1. The maximum atomic E-state index is 13.0. The quantitative estimate of drug-likeness (QED) is 0.401. The van der Waals surface area contributed by atoms with Crippen LogP contribution in [0.4, 0.5) is 0 Å². The van der Waals surface area contributed by atoms with Crippen LogP contribution in [0.3, 0.4) is 0 Å². The highest BCUT2D eigenvalue weighted by atomic mass is 32.1. The van der Waals surface area contributed by atoms with Crippen LogP contribution in [0.15, 0.2) is 75.9 Å². The third-order valence-electron chi connectivity index (χ3n) is 4.56. The van der Waals surface area contributed by atoms with Crippen molar-refractivity contribution in [2.75, 3.05) is 7.05 Å². The molecule has 1 amide bonds. The SMILES string of the molecule is CN(Cc1ccccc1)C(=O)c1ccccc1C(=O)OCc1nc(-c2ccsc2)no1. The van der Waals surface area contributed by atoms with E-state index in [-0.39, 0.29) is 29.5 Å². The van der Waals surface area contributed by atoms with Crippen LogP contribution in [0.1, 0.15) is 32.2 Å². The second kappa shape index (κ2) is 9.36. The zero-order valence-corrected chi connectivity index (χ0v) is 17.5. The van der Waals surface area contributed by atoms with E-state index >= 15 is 0 Å². The fourth-order valence-electron chi connectivity index (χ4n) is 3.01. The molecule has 31 heavy (non-hydrogen) atoms. The van der Waals surface area contributed by atoms with E-state index in [1.54, 1.807) is 36.2 Å². The number of ether oxygens (including phenoxy) is 1. The first-order valence-electron chi connectivity index (χ1n) is 9.52. The zero-order chi connectivity index (χ0) is 21.6. The summed E-state index contributed by atoms with van der Waals surface area (Å²) in [5.41, 5.74) is 2.29. The average molecular weight is 433 g/mol. The lowest BCUT2D eigenvalue weighted by Crippen LogP contribution is -2.28. The summed E-state index contributed by atoms with van der Waals surface area (Å²) in [4.78, 5) is 31.4. The van der Waals surface area contributed by atoms with E-state index < -0.39 is 5.97 Å². The molecule has 156 valence electrons. The number of thiophene rings is 1. The van der Waals surface area contributed by atoms with Gasteiger partial charge < -0.3 is 14.2 Å². The number of aromatic nitrogens is 2. The van der Waals surface area contributed by atoms with Gasteiger partial charge in [0.15, 0.2) is 6.61 Å². The lowest BCUT2D eigenvalue weighted by molar-refractivity contribution is 0.0425. The molecule has 0 spiro atoms. The summed E-state index contributed by atoms with van der Waals surface area (Å²) < 4.78 is 10.5. The van der Waals surface area contributed by atoms with E-state index in [1.807, 2.05) is 47.2 Å². The maximum Gasteiger partial charge on any atom is 0.339 e. The Morgan fingerprint density at radius 3 is 2.52 bits per heavy atom. The number of carbonyl (C=O) groups excluding carboxylic acids is 2. The Kier molecular flexibility index (Phi) is 6.18. The molecule has 0 bridgehead atoms. The molecule has 0 radical (unpaired) electrons. The number of amides is 1. The average Bonchev–Trinajstić information content (AvgIpc) is 3.49. The highest BCUT2D eigenvalue weighted by Gasteiger charge is 2.21. The lowest BCUT2D eigenvalue weighted by atomic mass is 10.1. The fraction of sp³-hybridized carbons (Fsp3) is 0.130. The van der Waals surface area contributed by atoms with Crippen molar-refractivity contribution in [1.29, 1.82) is 0 Å². The minimum atomic E-state index is -0.632. The number of benzene rings is 2. The van der Waals surface area contributed by atoms with Gasteiger partial charge in [0, 0.05) is 24.5 Å². The van der Waals surface area contributed by atoms with Crippen LogP contribution in [-0.4, -0.2) is 34.0 Å². The van der Waals surface area contributed by atoms with E-state index in [0.29, 0.717) is 12.4 Å². The zero-order valence-electron chi connectivity index (χ0n) is 16.7. The van der Waals surface area contributed by atoms with E-state index in [9.17, 15) is 9.59 Å². The highest BCUT2D eigenvalue weighted by Crippen LogP contribution is 2.19. The number of nitrogens with zero attached hydrogens (tertiary/aromatic N) is 3. The molecule has 0 aliphatic rings. The standard InChI is InChI=1S/C23H19N3O4S/c1-26(13-16-7-3-2-4-8-16)22(27)18-9-5-6-10-19(18)23(28)29-14-20-24-21(25-30-20)17-11-12-31-15-17/h2-12,15H,13-14H2,1H3. The first kappa shape index (κ1) is 20.5. The molecule has 2 aromatic heterocycles. The molecule has 0 fully saturated rings. The molecule has 2 aromatic carbocycles. The molecule has 0 saturated heterocycles. The van der Waals surface area contributed by atoms with Crippen molar-refractivity contribution in [3.63, 3.8) is 0 Å². The molecule has 0 N–H and O–H groups in total. The molecule has 0 atom stereocenters. The molecule has 0 unspecified atom stereocenters. The van der Waals surface area contributed by atoms with Crippen LogP contribution in [0.2, 0.25) is 0 Å².